The van der Waals surface area contributed by atoms with E-state index in [1.807, 2.05) is 12.1 Å². The topological polar surface area (TPSA) is 47.3 Å². The molecule has 1 atom stereocenters. The molecule has 88 valence electrons. The summed E-state index contributed by atoms with van der Waals surface area (Å²) in [5.41, 5.74) is 4.18. The molecular weight excluding hydrogens is 268 g/mol. The van der Waals surface area contributed by atoms with E-state index >= 15 is 0 Å². The Balaban J connectivity index is 2.14. The molecule has 0 spiro atoms. The zero-order valence-corrected chi connectivity index (χ0v) is 10.7. The predicted octanol–water partition coefficient (Wildman–Crippen LogP) is 2.38. The molecule has 1 fully saturated rings. The Labute approximate surface area is 104 Å². The molecule has 0 aromatic heterocycles. The van der Waals surface area contributed by atoms with Crippen LogP contribution in [0.15, 0.2) is 28.7 Å². The van der Waals surface area contributed by atoms with Gasteiger partial charge in [0.2, 0.25) is 0 Å². The number of rotatable bonds is 3. The standard InChI is InChI=1S/C12H17BrN2O/c13-11-3-1-2-10(8-11)12(15-14)9-4-6-16-7-5-9/h1-3,8-9,12,15H,4-7,14H2. The van der Waals surface area contributed by atoms with Crippen LogP contribution in [0.25, 0.3) is 0 Å². The van der Waals surface area contributed by atoms with Crippen LogP contribution in [0.3, 0.4) is 0 Å². The molecule has 16 heavy (non-hydrogen) atoms. The molecule has 1 unspecified atom stereocenters. The first kappa shape index (κ1) is 12.0. The Morgan fingerprint density at radius 3 is 2.75 bits per heavy atom. The maximum absolute atomic E-state index is 5.68. The van der Waals surface area contributed by atoms with Crippen molar-refractivity contribution in [3.8, 4) is 0 Å². The van der Waals surface area contributed by atoms with Gasteiger partial charge in [-0.05, 0) is 36.5 Å². The number of benzene rings is 1. The zero-order chi connectivity index (χ0) is 11.4. The van der Waals surface area contributed by atoms with Gasteiger partial charge in [-0.3, -0.25) is 11.3 Å². The molecule has 1 aliphatic heterocycles. The van der Waals surface area contributed by atoms with Crippen LogP contribution in [-0.2, 0) is 4.74 Å². The number of hydrogen-bond donors (Lipinski definition) is 2. The third kappa shape index (κ3) is 2.83. The summed E-state index contributed by atoms with van der Waals surface area (Å²) in [6, 6.07) is 8.54. The molecule has 0 amide bonds. The van der Waals surface area contributed by atoms with Gasteiger partial charge in [-0.25, -0.2) is 0 Å². The minimum Gasteiger partial charge on any atom is -0.381 e. The molecule has 1 aromatic carbocycles. The molecule has 1 heterocycles. The van der Waals surface area contributed by atoms with E-state index in [-0.39, 0.29) is 6.04 Å². The third-order valence-electron chi connectivity index (χ3n) is 3.12. The van der Waals surface area contributed by atoms with Crippen molar-refractivity contribution < 1.29 is 4.74 Å². The minimum atomic E-state index is 0.224. The monoisotopic (exact) mass is 284 g/mol. The van der Waals surface area contributed by atoms with Crippen molar-refractivity contribution in [2.24, 2.45) is 11.8 Å². The average molecular weight is 285 g/mol. The fourth-order valence-electron chi connectivity index (χ4n) is 2.25. The van der Waals surface area contributed by atoms with Crippen LogP contribution in [0.1, 0.15) is 24.4 Å². The van der Waals surface area contributed by atoms with Crippen LogP contribution in [0, 0.1) is 5.92 Å². The summed E-state index contributed by atoms with van der Waals surface area (Å²) < 4.78 is 6.47. The van der Waals surface area contributed by atoms with Gasteiger partial charge >= 0.3 is 0 Å². The smallest absolute Gasteiger partial charge is 0.0490 e. The SMILES string of the molecule is NNC(c1cccc(Br)c1)C1CCOCC1. The summed E-state index contributed by atoms with van der Waals surface area (Å²) in [6.07, 6.45) is 2.14. The fourth-order valence-corrected chi connectivity index (χ4v) is 2.67. The first-order chi connectivity index (χ1) is 7.81. The van der Waals surface area contributed by atoms with E-state index < -0.39 is 0 Å². The summed E-state index contributed by atoms with van der Waals surface area (Å²) in [6.45, 7) is 1.69. The molecule has 1 saturated heterocycles. The highest BCUT2D eigenvalue weighted by molar-refractivity contribution is 9.10. The van der Waals surface area contributed by atoms with Crippen molar-refractivity contribution in [1.29, 1.82) is 0 Å². The molecule has 1 aromatic rings. The molecule has 0 bridgehead atoms. The molecule has 1 aliphatic rings. The van der Waals surface area contributed by atoms with Crippen LogP contribution in [0.5, 0.6) is 0 Å². The lowest BCUT2D eigenvalue weighted by atomic mass is 9.87. The Morgan fingerprint density at radius 2 is 2.12 bits per heavy atom. The summed E-state index contributed by atoms with van der Waals surface area (Å²) >= 11 is 3.49. The van der Waals surface area contributed by atoms with Crippen molar-refractivity contribution in [2.45, 2.75) is 18.9 Å². The molecule has 4 heteroatoms. The summed E-state index contributed by atoms with van der Waals surface area (Å²) in [7, 11) is 0. The Kier molecular flexibility index (Phi) is 4.35. The van der Waals surface area contributed by atoms with E-state index in [1.165, 1.54) is 5.56 Å². The second kappa shape index (κ2) is 5.77. The Hall–Kier alpha value is -0.420. The quantitative estimate of drug-likeness (QED) is 0.662. The van der Waals surface area contributed by atoms with Crippen molar-refractivity contribution in [2.75, 3.05) is 13.2 Å². The van der Waals surface area contributed by atoms with Gasteiger partial charge in [0.15, 0.2) is 0 Å². The van der Waals surface area contributed by atoms with E-state index in [4.69, 9.17) is 10.6 Å². The highest BCUT2D eigenvalue weighted by Crippen LogP contribution is 2.30. The summed E-state index contributed by atoms with van der Waals surface area (Å²) in [5, 5.41) is 0. The minimum absolute atomic E-state index is 0.224. The van der Waals surface area contributed by atoms with Gasteiger partial charge in [0.1, 0.15) is 0 Å². The van der Waals surface area contributed by atoms with Gasteiger partial charge in [0.05, 0.1) is 0 Å². The van der Waals surface area contributed by atoms with Crippen LogP contribution < -0.4 is 11.3 Å². The highest BCUT2D eigenvalue weighted by Gasteiger charge is 2.24. The molecule has 0 radical (unpaired) electrons. The van der Waals surface area contributed by atoms with Crippen LogP contribution in [0.2, 0.25) is 0 Å². The van der Waals surface area contributed by atoms with Crippen LogP contribution in [0.4, 0.5) is 0 Å². The van der Waals surface area contributed by atoms with E-state index in [2.05, 4.69) is 33.5 Å². The van der Waals surface area contributed by atoms with Gasteiger partial charge in [0.25, 0.3) is 0 Å². The molecule has 3 nitrogen and oxygen atoms in total. The lowest BCUT2D eigenvalue weighted by molar-refractivity contribution is 0.0536. The van der Waals surface area contributed by atoms with Gasteiger partial charge < -0.3 is 4.74 Å². The summed E-state index contributed by atoms with van der Waals surface area (Å²) in [5.74, 6) is 6.24. The first-order valence-corrected chi connectivity index (χ1v) is 6.40. The van der Waals surface area contributed by atoms with E-state index in [0.29, 0.717) is 5.92 Å². The van der Waals surface area contributed by atoms with Gasteiger partial charge in [-0.15, -0.1) is 0 Å². The summed E-state index contributed by atoms with van der Waals surface area (Å²) in [4.78, 5) is 0. The lowest BCUT2D eigenvalue weighted by Gasteiger charge is -2.30. The Morgan fingerprint density at radius 1 is 1.38 bits per heavy atom. The average Bonchev–Trinajstić information content (AvgIpc) is 2.31. The number of halogens is 1. The second-order valence-electron chi connectivity index (χ2n) is 4.15. The van der Waals surface area contributed by atoms with Crippen molar-refractivity contribution >= 4 is 15.9 Å². The fraction of sp³-hybridized carbons (Fsp3) is 0.500. The number of nitrogens with one attached hydrogen (secondary N) is 1. The largest absolute Gasteiger partial charge is 0.381 e. The molecule has 0 saturated carbocycles. The second-order valence-corrected chi connectivity index (χ2v) is 5.06. The number of nitrogens with two attached hydrogens (primary N) is 1. The van der Waals surface area contributed by atoms with Crippen LogP contribution in [-0.4, -0.2) is 13.2 Å². The van der Waals surface area contributed by atoms with Gasteiger partial charge in [0, 0.05) is 23.7 Å². The van der Waals surface area contributed by atoms with Crippen LogP contribution >= 0.6 is 15.9 Å². The molecular formula is C12H17BrN2O. The predicted molar refractivity (Wildman–Crippen MR) is 67.7 cm³/mol. The number of ether oxygens (including phenoxy) is 1. The lowest BCUT2D eigenvalue weighted by Crippen LogP contribution is -2.36. The first-order valence-electron chi connectivity index (χ1n) is 5.60. The number of hydrazine groups is 1. The van der Waals surface area contributed by atoms with Crippen molar-refractivity contribution in [3.63, 3.8) is 0 Å². The maximum Gasteiger partial charge on any atom is 0.0490 e. The van der Waals surface area contributed by atoms with Gasteiger partial charge in [-0.1, -0.05) is 28.1 Å². The molecule has 2 rings (SSSR count). The maximum atomic E-state index is 5.68. The van der Waals surface area contributed by atoms with E-state index in [9.17, 15) is 0 Å². The molecule has 3 N–H and O–H groups in total. The Bertz CT molecular complexity index is 340. The normalized spacial score (nSPS) is 19.6. The van der Waals surface area contributed by atoms with Gasteiger partial charge in [-0.2, -0.15) is 0 Å². The third-order valence-corrected chi connectivity index (χ3v) is 3.62. The van der Waals surface area contributed by atoms with E-state index in [0.717, 1.165) is 30.5 Å². The highest BCUT2D eigenvalue weighted by atomic mass is 79.9. The number of hydrogen-bond acceptors (Lipinski definition) is 3. The zero-order valence-electron chi connectivity index (χ0n) is 9.16. The van der Waals surface area contributed by atoms with Crippen molar-refractivity contribution in [1.82, 2.24) is 5.43 Å². The van der Waals surface area contributed by atoms with Crippen molar-refractivity contribution in [3.05, 3.63) is 34.3 Å². The van der Waals surface area contributed by atoms with E-state index in [1.54, 1.807) is 0 Å². The molecule has 0 aliphatic carbocycles.